The van der Waals surface area contributed by atoms with Gasteiger partial charge in [-0.15, -0.1) is 11.3 Å². The smallest absolute Gasteiger partial charge is 0.265 e. The number of benzene rings is 2. The number of anilines is 1. The third-order valence-corrected chi connectivity index (χ3v) is 4.52. The molecule has 0 bridgehead atoms. The van der Waals surface area contributed by atoms with Crippen molar-refractivity contribution in [3.8, 4) is 5.75 Å². The minimum atomic E-state index is -1.00. The number of ether oxygens (including phenoxy) is 1. The summed E-state index contributed by atoms with van der Waals surface area (Å²) < 4.78 is 31.9. The fourth-order valence-corrected chi connectivity index (χ4v) is 3.01. The molecule has 1 heterocycles. The topological polar surface area (TPSA) is 38.3 Å². The normalized spacial score (nSPS) is 10.5. The van der Waals surface area contributed by atoms with Crippen LogP contribution in [0.3, 0.4) is 0 Å². The number of thiophene rings is 1. The zero-order valence-corrected chi connectivity index (χ0v) is 14.2. The monoisotopic (exact) mass is 359 g/mol. The lowest BCUT2D eigenvalue weighted by atomic mass is 10.2. The van der Waals surface area contributed by atoms with Gasteiger partial charge in [-0.2, -0.15) is 0 Å². The fourth-order valence-electron chi connectivity index (χ4n) is 2.22. The molecule has 0 aliphatic heterocycles. The Kier molecular flexibility index (Phi) is 5.09. The van der Waals surface area contributed by atoms with Crippen molar-refractivity contribution < 1.29 is 18.3 Å². The Bertz CT molecular complexity index is 908. The van der Waals surface area contributed by atoms with Gasteiger partial charge in [0.2, 0.25) is 0 Å². The summed E-state index contributed by atoms with van der Waals surface area (Å²) >= 11 is 1.26. The molecule has 0 spiro atoms. The van der Waals surface area contributed by atoms with Crippen LogP contribution in [0.4, 0.5) is 14.5 Å². The first kappa shape index (κ1) is 17.1. The van der Waals surface area contributed by atoms with E-state index in [0.29, 0.717) is 11.5 Å². The van der Waals surface area contributed by atoms with E-state index in [0.717, 1.165) is 29.0 Å². The van der Waals surface area contributed by atoms with Crippen LogP contribution in [-0.4, -0.2) is 5.91 Å². The third-order valence-electron chi connectivity index (χ3n) is 3.54. The van der Waals surface area contributed by atoms with Gasteiger partial charge < -0.3 is 10.1 Å². The molecule has 0 aliphatic rings. The Morgan fingerprint density at radius 1 is 1.12 bits per heavy atom. The molecular weight excluding hydrogens is 344 g/mol. The van der Waals surface area contributed by atoms with Gasteiger partial charge in [-0.05, 0) is 42.1 Å². The minimum Gasteiger partial charge on any atom is -0.489 e. The molecule has 0 aliphatic carbocycles. The SMILES string of the molecule is Cc1ccccc1OCc1csc(C(=O)Nc2ccc(F)c(F)c2)c1. The number of carbonyl (C=O) groups is 1. The Balaban J connectivity index is 1.63. The van der Waals surface area contributed by atoms with Gasteiger partial charge in [-0.1, -0.05) is 18.2 Å². The van der Waals surface area contributed by atoms with Crippen molar-refractivity contribution >= 4 is 22.9 Å². The number of nitrogens with one attached hydrogen (secondary N) is 1. The van der Waals surface area contributed by atoms with Gasteiger partial charge >= 0.3 is 0 Å². The zero-order valence-electron chi connectivity index (χ0n) is 13.4. The number of carbonyl (C=O) groups excluding carboxylic acids is 1. The van der Waals surface area contributed by atoms with E-state index in [9.17, 15) is 13.6 Å². The number of halogens is 2. The van der Waals surface area contributed by atoms with E-state index in [-0.39, 0.29) is 11.6 Å². The van der Waals surface area contributed by atoms with E-state index >= 15 is 0 Å². The van der Waals surface area contributed by atoms with Crippen molar-refractivity contribution in [1.82, 2.24) is 0 Å². The van der Waals surface area contributed by atoms with E-state index < -0.39 is 11.6 Å². The summed E-state index contributed by atoms with van der Waals surface area (Å²) in [5, 5.41) is 4.38. The number of para-hydroxylation sites is 1. The maximum absolute atomic E-state index is 13.2. The van der Waals surface area contributed by atoms with Gasteiger partial charge in [0, 0.05) is 17.3 Å². The summed E-state index contributed by atoms with van der Waals surface area (Å²) in [5.74, 6) is -1.54. The fraction of sp³-hybridized carbons (Fsp3) is 0.105. The molecule has 0 fully saturated rings. The Morgan fingerprint density at radius 2 is 1.92 bits per heavy atom. The lowest BCUT2D eigenvalue weighted by Crippen LogP contribution is -2.10. The van der Waals surface area contributed by atoms with Crippen LogP contribution < -0.4 is 10.1 Å². The van der Waals surface area contributed by atoms with Gasteiger partial charge in [0.1, 0.15) is 12.4 Å². The number of amides is 1. The average Bonchev–Trinajstić information content (AvgIpc) is 3.07. The van der Waals surface area contributed by atoms with Crippen LogP contribution in [-0.2, 0) is 6.61 Å². The molecule has 0 radical (unpaired) electrons. The second-order valence-corrected chi connectivity index (χ2v) is 6.37. The van der Waals surface area contributed by atoms with Crippen LogP contribution in [0.2, 0.25) is 0 Å². The highest BCUT2D eigenvalue weighted by Crippen LogP contribution is 2.22. The van der Waals surface area contributed by atoms with Crippen molar-refractivity contribution in [1.29, 1.82) is 0 Å². The lowest BCUT2D eigenvalue weighted by molar-refractivity contribution is 0.103. The minimum absolute atomic E-state index is 0.204. The number of aryl methyl sites for hydroxylation is 1. The third kappa shape index (κ3) is 4.22. The predicted octanol–water partition coefficient (Wildman–Crippen LogP) is 5.17. The molecule has 25 heavy (non-hydrogen) atoms. The first-order chi connectivity index (χ1) is 12.0. The molecule has 3 nitrogen and oxygen atoms in total. The van der Waals surface area contributed by atoms with E-state index in [1.165, 1.54) is 17.4 Å². The summed E-state index contributed by atoms with van der Waals surface area (Å²) in [6, 6.07) is 12.6. The molecule has 3 aromatic rings. The highest BCUT2D eigenvalue weighted by molar-refractivity contribution is 7.12. The summed E-state index contributed by atoms with van der Waals surface area (Å²) in [6.45, 7) is 2.31. The Labute approximate surface area is 147 Å². The van der Waals surface area contributed by atoms with Crippen LogP contribution in [0.1, 0.15) is 20.8 Å². The zero-order chi connectivity index (χ0) is 17.8. The van der Waals surface area contributed by atoms with Crippen LogP contribution in [0.25, 0.3) is 0 Å². The number of hydrogen-bond acceptors (Lipinski definition) is 3. The van der Waals surface area contributed by atoms with Crippen LogP contribution in [0.5, 0.6) is 5.75 Å². The largest absolute Gasteiger partial charge is 0.489 e. The molecule has 1 aromatic heterocycles. The highest BCUT2D eigenvalue weighted by Gasteiger charge is 2.11. The Morgan fingerprint density at radius 3 is 2.68 bits per heavy atom. The lowest BCUT2D eigenvalue weighted by Gasteiger charge is -2.07. The molecule has 0 unspecified atom stereocenters. The summed E-state index contributed by atoms with van der Waals surface area (Å²) in [7, 11) is 0. The molecule has 1 amide bonds. The van der Waals surface area contributed by atoms with Crippen molar-refractivity contribution in [2.45, 2.75) is 13.5 Å². The van der Waals surface area contributed by atoms with E-state index in [1.54, 1.807) is 6.07 Å². The van der Waals surface area contributed by atoms with Gasteiger partial charge in [-0.25, -0.2) is 8.78 Å². The quantitative estimate of drug-likeness (QED) is 0.683. The van der Waals surface area contributed by atoms with Gasteiger partial charge in [-0.3, -0.25) is 4.79 Å². The van der Waals surface area contributed by atoms with Crippen molar-refractivity contribution in [2.75, 3.05) is 5.32 Å². The molecule has 2 aromatic carbocycles. The molecule has 6 heteroatoms. The average molecular weight is 359 g/mol. The van der Waals surface area contributed by atoms with Crippen LogP contribution in [0.15, 0.2) is 53.9 Å². The van der Waals surface area contributed by atoms with E-state index in [4.69, 9.17) is 4.74 Å². The van der Waals surface area contributed by atoms with Crippen molar-refractivity contribution in [3.63, 3.8) is 0 Å². The van der Waals surface area contributed by atoms with E-state index in [2.05, 4.69) is 5.32 Å². The van der Waals surface area contributed by atoms with Crippen LogP contribution >= 0.6 is 11.3 Å². The van der Waals surface area contributed by atoms with Crippen molar-refractivity contribution in [3.05, 3.63) is 81.5 Å². The second-order valence-electron chi connectivity index (χ2n) is 5.46. The molecule has 0 atom stereocenters. The first-order valence-corrected chi connectivity index (χ1v) is 8.43. The summed E-state index contributed by atoms with van der Waals surface area (Å²) in [5.41, 5.74) is 2.10. The highest BCUT2D eigenvalue weighted by atomic mass is 32.1. The summed E-state index contributed by atoms with van der Waals surface area (Å²) in [4.78, 5) is 12.7. The molecule has 3 rings (SSSR count). The van der Waals surface area contributed by atoms with E-state index in [1.807, 2.05) is 36.6 Å². The Hall–Kier alpha value is -2.73. The molecule has 128 valence electrons. The number of rotatable bonds is 5. The maximum Gasteiger partial charge on any atom is 0.265 e. The number of hydrogen-bond donors (Lipinski definition) is 1. The molecule has 0 saturated carbocycles. The summed E-state index contributed by atoms with van der Waals surface area (Å²) in [6.07, 6.45) is 0. The second kappa shape index (κ2) is 7.44. The molecule has 1 N–H and O–H groups in total. The molecule has 0 saturated heterocycles. The predicted molar refractivity (Wildman–Crippen MR) is 94.1 cm³/mol. The van der Waals surface area contributed by atoms with Crippen molar-refractivity contribution in [2.24, 2.45) is 0 Å². The van der Waals surface area contributed by atoms with Crippen LogP contribution in [0, 0.1) is 18.6 Å². The van der Waals surface area contributed by atoms with Gasteiger partial charge in [0.15, 0.2) is 11.6 Å². The standard InChI is InChI=1S/C19H15F2NO2S/c1-12-4-2-3-5-17(12)24-10-13-8-18(25-11-13)19(23)22-14-6-7-15(20)16(21)9-14/h2-9,11H,10H2,1H3,(H,22,23). The molecular formula is C19H15F2NO2S. The first-order valence-electron chi connectivity index (χ1n) is 7.55. The van der Waals surface area contributed by atoms with Gasteiger partial charge in [0.05, 0.1) is 4.88 Å². The maximum atomic E-state index is 13.2. The van der Waals surface area contributed by atoms with Gasteiger partial charge in [0.25, 0.3) is 5.91 Å².